The minimum atomic E-state index is -0.0514. The molecule has 0 amide bonds. The molecule has 94 valence electrons. The fourth-order valence-electron chi connectivity index (χ4n) is 3.16. The van der Waals surface area contributed by atoms with E-state index < -0.39 is 0 Å². The van der Waals surface area contributed by atoms with Crippen LogP contribution in [0.4, 0.5) is 0 Å². The van der Waals surface area contributed by atoms with Crippen molar-refractivity contribution in [3.05, 3.63) is 28.5 Å². The van der Waals surface area contributed by atoms with Gasteiger partial charge in [0.1, 0.15) is 0 Å². The molecule has 2 rings (SSSR count). The number of hydrogen-bond donors (Lipinski definition) is 1. The number of rotatable bonds is 2. The van der Waals surface area contributed by atoms with Crippen molar-refractivity contribution in [1.82, 2.24) is 4.98 Å². The zero-order chi connectivity index (χ0) is 12.5. The molecule has 1 aromatic rings. The SMILES string of the molecule is CC1(C)CCCC(N)(Cc2cncc(Br)c2)C1. The summed E-state index contributed by atoms with van der Waals surface area (Å²) >= 11 is 3.46. The van der Waals surface area contributed by atoms with Crippen molar-refractivity contribution in [2.24, 2.45) is 11.1 Å². The molecule has 1 atom stereocenters. The first-order valence-electron chi connectivity index (χ1n) is 6.27. The fourth-order valence-corrected chi connectivity index (χ4v) is 3.57. The predicted octanol–water partition coefficient (Wildman–Crippen LogP) is 3.68. The molecule has 1 heterocycles. The van der Waals surface area contributed by atoms with Gasteiger partial charge in [-0.3, -0.25) is 4.98 Å². The molecule has 0 radical (unpaired) electrons. The van der Waals surface area contributed by atoms with E-state index in [9.17, 15) is 0 Å². The van der Waals surface area contributed by atoms with Crippen molar-refractivity contribution in [3.63, 3.8) is 0 Å². The summed E-state index contributed by atoms with van der Waals surface area (Å²) in [5, 5.41) is 0. The molecule has 0 bridgehead atoms. The van der Waals surface area contributed by atoms with Gasteiger partial charge in [-0.05, 0) is 58.7 Å². The first-order valence-corrected chi connectivity index (χ1v) is 7.06. The van der Waals surface area contributed by atoms with Crippen molar-refractivity contribution in [2.75, 3.05) is 0 Å². The van der Waals surface area contributed by atoms with Crippen LogP contribution in [0.1, 0.15) is 45.1 Å². The van der Waals surface area contributed by atoms with Gasteiger partial charge in [0.25, 0.3) is 0 Å². The second-order valence-corrected chi connectivity index (χ2v) is 7.16. The van der Waals surface area contributed by atoms with Crippen LogP contribution in [0.5, 0.6) is 0 Å². The van der Waals surface area contributed by atoms with E-state index in [1.165, 1.54) is 18.4 Å². The number of nitrogens with two attached hydrogens (primary N) is 1. The van der Waals surface area contributed by atoms with Crippen LogP contribution in [0.3, 0.4) is 0 Å². The van der Waals surface area contributed by atoms with Crippen LogP contribution in [0.25, 0.3) is 0 Å². The summed E-state index contributed by atoms with van der Waals surface area (Å²) in [4.78, 5) is 4.21. The molecular formula is C14H21BrN2. The summed E-state index contributed by atoms with van der Waals surface area (Å²) in [5.41, 5.74) is 8.14. The molecule has 1 unspecified atom stereocenters. The molecule has 0 aromatic carbocycles. The Bertz CT molecular complexity index is 403. The summed E-state index contributed by atoms with van der Waals surface area (Å²) < 4.78 is 1.04. The zero-order valence-electron chi connectivity index (χ0n) is 10.7. The molecule has 0 aliphatic heterocycles. The lowest BCUT2D eigenvalue weighted by atomic mass is 9.67. The maximum Gasteiger partial charge on any atom is 0.0410 e. The van der Waals surface area contributed by atoms with Crippen molar-refractivity contribution in [1.29, 1.82) is 0 Å². The number of aromatic nitrogens is 1. The molecule has 1 aliphatic rings. The van der Waals surface area contributed by atoms with Gasteiger partial charge in [-0.1, -0.05) is 20.3 Å². The molecular weight excluding hydrogens is 276 g/mol. The molecule has 2 N–H and O–H groups in total. The number of pyridine rings is 1. The maximum atomic E-state index is 6.57. The van der Waals surface area contributed by atoms with Crippen LogP contribution in [-0.4, -0.2) is 10.5 Å². The second-order valence-electron chi connectivity index (χ2n) is 6.25. The minimum absolute atomic E-state index is 0.0514. The molecule has 1 aliphatic carbocycles. The number of hydrogen-bond acceptors (Lipinski definition) is 2. The summed E-state index contributed by atoms with van der Waals surface area (Å²) in [5.74, 6) is 0. The minimum Gasteiger partial charge on any atom is -0.325 e. The highest BCUT2D eigenvalue weighted by Crippen LogP contribution is 2.41. The van der Waals surface area contributed by atoms with Crippen LogP contribution < -0.4 is 5.73 Å². The highest BCUT2D eigenvalue weighted by molar-refractivity contribution is 9.10. The Kier molecular flexibility index (Phi) is 3.60. The van der Waals surface area contributed by atoms with E-state index in [1.54, 1.807) is 0 Å². The molecule has 17 heavy (non-hydrogen) atoms. The summed E-state index contributed by atoms with van der Waals surface area (Å²) in [6, 6.07) is 2.13. The Labute approximate surface area is 112 Å². The van der Waals surface area contributed by atoms with Gasteiger partial charge in [-0.25, -0.2) is 0 Å². The average molecular weight is 297 g/mol. The van der Waals surface area contributed by atoms with Crippen molar-refractivity contribution in [2.45, 2.75) is 51.5 Å². The normalized spacial score (nSPS) is 28.0. The largest absolute Gasteiger partial charge is 0.325 e. The Hall–Kier alpha value is -0.410. The number of halogens is 1. The van der Waals surface area contributed by atoms with Gasteiger partial charge < -0.3 is 5.73 Å². The first kappa shape index (κ1) is 13.0. The Morgan fingerprint density at radius 3 is 2.76 bits per heavy atom. The van der Waals surface area contributed by atoms with Gasteiger partial charge in [0.15, 0.2) is 0 Å². The van der Waals surface area contributed by atoms with E-state index >= 15 is 0 Å². The van der Waals surface area contributed by atoms with E-state index in [4.69, 9.17) is 5.73 Å². The van der Waals surface area contributed by atoms with Crippen molar-refractivity contribution >= 4 is 15.9 Å². The van der Waals surface area contributed by atoms with Gasteiger partial charge in [0.2, 0.25) is 0 Å². The molecule has 1 saturated carbocycles. The van der Waals surface area contributed by atoms with E-state index in [1.807, 2.05) is 12.4 Å². The maximum absolute atomic E-state index is 6.57. The van der Waals surface area contributed by atoms with E-state index in [0.717, 1.165) is 23.7 Å². The van der Waals surface area contributed by atoms with E-state index in [-0.39, 0.29) is 5.54 Å². The monoisotopic (exact) mass is 296 g/mol. The lowest BCUT2D eigenvalue weighted by Gasteiger charge is -2.42. The molecule has 0 saturated heterocycles. The fraction of sp³-hybridized carbons (Fsp3) is 0.643. The van der Waals surface area contributed by atoms with Crippen LogP contribution in [-0.2, 0) is 6.42 Å². The van der Waals surface area contributed by atoms with Gasteiger partial charge in [0, 0.05) is 22.4 Å². The molecule has 0 spiro atoms. The van der Waals surface area contributed by atoms with Gasteiger partial charge in [-0.15, -0.1) is 0 Å². The smallest absolute Gasteiger partial charge is 0.0410 e. The van der Waals surface area contributed by atoms with Crippen molar-refractivity contribution < 1.29 is 0 Å². The summed E-state index contributed by atoms with van der Waals surface area (Å²) in [7, 11) is 0. The lowest BCUT2D eigenvalue weighted by molar-refractivity contribution is 0.151. The lowest BCUT2D eigenvalue weighted by Crippen LogP contribution is -2.48. The second kappa shape index (κ2) is 4.69. The van der Waals surface area contributed by atoms with Crippen LogP contribution in [0.2, 0.25) is 0 Å². The van der Waals surface area contributed by atoms with E-state index in [0.29, 0.717) is 5.41 Å². The third-order valence-corrected chi connectivity index (χ3v) is 4.11. The Balaban J connectivity index is 2.12. The third-order valence-electron chi connectivity index (χ3n) is 3.68. The Morgan fingerprint density at radius 1 is 1.35 bits per heavy atom. The molecule has 2 nitrogen and oxygen atoms in total. The number of nitrogens with zero attached hydrogens (tertiary/aromatic N) is 1. The Morgan fingerprint density at radius 2 is 2.12 bits per heavy atom. The average Bonchev–Trinajstić information content (AvgIpc) is 2.14. The van der Waals surface area contributed by atoms with Crippen LogP contribution in [0, 0.1) is 5.41 Å². The van der Waals surface area contributed by atoms with Gasteiger partial charge >= 0.3 is 0 Å². The highest BCUT2D eigenvalue weighted by Gasteiger charge is 2.36. The van der Waals surface area contributed by atoms with Crippen LogP contribution >= 0.6 is 15.9 Å². The first-order chi connectivity index (χ1) is 7.89. The molecule has 1 fully saturated rings. The molecule has 3 heteroatoms. The quantitative estimate of drug-likeness (QED) is 0.904. The third kappa shape index (κ3) is 3.52. The van der Waals surface area contributed by atoms with Crippen LogP contribution in [0.15, 0.2) is 22.9 Å². The standard InChI is InChI=1S/C14H21BrN2/c1-13(2)4-3-5-14(16,10-13)7-11-6-12(15)9-17-8-11/h6,8-9H,3-5,7,10,16H2,1-2H3. The van der Waals surface area contributed by atoms with Gasteiger partial charge in [0.05, 0.1) is 0 Å². The highest BCUT2D eigenvalue weighted by atomic mass is 79.9. The molecule has 1 aromatic heterocycles. The van der Waals surface area contributed by atoms with Gasteiger partial charge in [-0.2, -0.15) is 0 Å². The topological polar surface area (TPSA) is 38.9 Å². The zero-order valence-corrected chi connectivity index (χ0v) is 12.3. The van der Waals surface area contributed by atoms with Crippen molar-refractivity contribution in [3.8, 4) is 0 Å². The summed E-state index contributed by atoms with van der Waals surface area (Å²) in [6.07, 6.45) is 9.45. The summed E-state index contributed by atoms with van der Waals surface area (Å²) in [6.45, 7) is 4.65. The van der Waals surface area contributed by atoms with E-state index in [2.05, 4.69) is 40.8 Å². The predicted molar refractivity (Wildman–Crippen MR) is 74.8 cm³/mol.